The van der Waals surface area contributed by atoms with Gasteiger partial charge in [-0.1, -0.05) is 19.3 Å². The molecule has 5 aliphatic carbocycles. The van der Waals surface area contributed by atoms with Gasteiger partial charge >= 0.3 is 0 Å². The standard InChI is InChI=1S/C19H31NOS/c1-13(22-17-5-3-2-4-6-17)18(21)20-19-10-14-7-15(11-19)9-16(8-14)12-19/h13-17H,2-12H2,1H3,(H,20,21). The van der Waals surface area contributed by atoms with Gasteiger partial charge in [-0.05, 0) is 76.0 Å². The van der Waals surface area contributed by atoms with Crippen molar-refractivity contribution in [3.63, 3.8) is 0 Å². The van der Waals surface area contributed by atoms with Crippen LogP contribution in [0.1, 0.15) is 77.6 Å². The molecule has 1 N–H and O–H groups in total. The maximum atomic E-state index is 12.8. The lowest BCUT2D eigenvalue weighted by Gasteiger charge is -2.57. The molecule has 5 rings (SSSR count). The zero-order chi connectivity index (χ0) is 15.2. The molecule has 22 heavy (non-hydrogen) atoms. The molecule has 2 nitrogen and oxygen atoms in total. The fraction of sp³-hybridized carbons (Fsp3) is 0.947. The lowest BCUT2D eigenvalue weighted by Crippen LogP contribution is -2.60. The Morgan fingerprint density at radius 2 is 1.55 bits per heavy atom. The second-order valence-electron chi connectivity index (χ2n) is 8.73. The number of nitrogens with one attached hydrogen (secondary N) is 1. The highest BCUT2D eigenvalue weighted by Crippen LogP contribution is 2.55. The molecule has 0 heterocycles. The highest BCUT2D eigenvalue weighted by molar-refractivity contribution is 8.01. The highest BCUT2D eigenvalue weighted by Gasteiger charge is 2.51. The summed E-state index contributed by atoms with van der Waals surface area (Å²) in [6.07, 6.45) is 14.9. The predicted octanol–water partition coefficient (Wildman–Crippen LogP) is 4.53. The molecule has 0 saturated heterocycles. The van der Waals surface area contributed by atoms with Gasteiger partial charge in [-0.25, -0.2) is 0 Å². The Morgan fingerprint density at radius 3 is 2.09 bits per heavy atom. The van der Waals surface area contributed by atoms with Crippen molar-refractivity contribution in [3.05, 3.63) is 0 Å². The summed E-state index contributed by atoms with van der Waals surface area (Å²) in [5.74, 6) is 3.06. The van der Waals surface area contributed by atoms with Gasteiger partial charge in [-0.3, -0.25) is 4.79 Å². The Hall–Kier alpha value is -0.180. The van der Waals surface area contributed by atoms with Gasteiger partial charge in [0.1, 0.15) is 0 Å². The molecular formula is C19H31NOS. The molecule has 3 heteroatoms. The second-order valence-corrected chi connectivity index (χ2v) is 10.4. The van der Waals surface area contributed by atoms with E-state index in [1.807, 2.05) is 11.8 Å². The van der Waals surface area contributed by atoms with Gasteiger partial charge in [-0.2, -0.15) is 0 Å². The normalized spacial score (nSPS) is 42.3. The molecule has 0 spiro atoms. The second kappa shape index (κ2) is 6.03. The lowest BCUT2D eigenvalue weighted by molar-refractivity contribution is -0.126. The monoisotopic (exact) mass is 321 g/mol. The van der Waals surface area contributed by atoms with E-state index in [9.17, 15) is 4.79 Å². The molecule has 1 unspecified atom stereocenters. The van der Waals surface area contributed by atoms with Crippen LogP contribution in [0.3, 0.4) is 0 Å². The third-order valence-electron chi connectivity index (χ3n) is 6.74. The number of amides is 1. The maximum Gasteiger partial charge on any atom is 0.233 e. The molecule has 124 valence electrons. The fourth-order valence-corrected chi connectivity index (χ4v) is 7.54. The first-order valence-corrected chi connectivity index (χ1v) is 10.5. The van der Waals surface area contributed by atoms with E-state index in [1.165, 1.54) is 70.6 Å². The third-order valence-corrected chi connectivity index (χ3v) is 8.22. The average molecular weight is 322 g/mol. The topological polar surface area (TPSA) is 29.1 Å². The third kappa shape index (κ3) is 3.07. The Morgan fingerprint density at radius 1 is 1.00 bits per heavy atom. The molecule has 1 amide bonds. The predicted molar refractivity (Wildman–Crippen MR) is 93.0 cm³/mol. The molecule has 0 aromatic heterocycles. The summed E-state index contributed by atoms with van der Waals surface area (Å²) in [5, 5.41) is 4.42. The van der Waals surface area contributed by atoms with Gasteiger partial charge in [0.15, 0.2) is 0 Å². The van der Waals surface area contributed by atoms with Gasteiger partial charge in [0.25, 0.3) is 0 Å². The molecule has 0 aliphatic heterocycles. The van der Waals surface area contributed by atoms with Crippen LogP contribution < -0.4 is 5.32 Å². The smallest absolute Gasteiger partial charge is 0.233 e. The number of rotatable bonds is 4. The van der Waals surface area contributed by atoms with Crippen molar-refractivity contribution in [1.29, 1.82) is 0 Å². The first kappa shape index (κ1) is 15.4. The molecular weight excluding hydrogens is 290 g/mol. The minimum absolute atomic E-state index is 0.135. The van der Waals surface area contributed by atoms with Crippen molar-refractivity contribution >= 4 is 17.7 Å². The van der Waals surface area contributed by atoms with Gasteiger partial charge in [0, 0.05) is 10.8 Å². The number of carbonyl (C=O) groups excluding carboxylic acids is 1. The fourth-order valence-electron chi connectivity index (χ4n) is 6.18. The molecule has 5 fully saturated rings. The summed E-state index contributed by atoms with van der Waals surface area (Å²) >= 11 is 1.95. The zero-order valence-corrected chi connectivity index (χ0v) is 14.8. The van der Waals surface area contributed by atoms with Crippen molar-refractivity contribution in [2.45, 2.75) is 93.6 Å². The Labute approximate surface area is 139 Å². The lowest BCUT2D eigenvalue weighted by atomic mass is 9.53. The van der Waals surface area contributed by atoms with Crippen LogP contribution in [-0.4, -0.2) is 21.9 Å². The van der Waals surface area contributed by atoms with Crippen LogP contribution in [0.2, 0.25) is 0 Å². The minimum Gasteiger partial charge on any atom is -0.350 e. The largest absolute Gasteiger partial charge is 0.350 e. The van der Waals surface area contributed by atoms with E-state index in [0.717, 1.165) is 23.0 Å². The van der Waals surface area contributed by atoms with E-state index >= 15 is 0 Å². The van der Waals surface area contributed by atoms with E-state index in [-0.39, 0.29) is 10.8 Å². The van der Waals surface area contributed by atoms with E-state index in [1.54, 1.807) is 0 Å². The molecule has 0 aromatic carbocycles. The van der Waals surface area contributed by atoms with Crippen LogP contribution in [0, 0.1) is 17.8 Å². The summed E-state index contributed by atoms with van der Waals surface area (Å²) in [5.41, 5.74) is 0.188. The number of carbonyl (C=O) groups is 1. The average Bonchev–Trinajstić information content (AvgIpc) is 2.46. The molecule has 5 saturated carbocycles. The number of thioether (sulfide) groups is 1. The van der Waals surface area contributed by atoms with Crippen molar-refractivity contribution < 1.29 is 4.79 Å². The Bertz CT molecular complexity index is 394. The van der Waals surface area contributed by atoms with Crippen LogP contribution in [-0.2, 0) is 4.79 Å². The van der Waals surface area contributed by atoms with Gasteiger partial charge < -0.3 is 5.32 Å². The first-order valence-electron chi connectivity index (χ1n) is 9.59. The van der Waals surface area contributed by atoms with Gasteiger partial charge in [0.2, 0.25) is 5.91 Å². The molecule has 1 atom stereocenters. The van der Waals surface area contributed by atoms with Crippen LogP contribution in [0.4, 0.5) is 0 Å². The summed E-state index contributed by atoms with van der Waals surface area (Å²) in [4.78, 5) is 12.8. The number of hydrogen-bond donors (Lipinski definition) is 1. The summed E-state index contributed by atoms with van der Waals surface area (Å²) in [6.45, 7) is 2.13. The van der Waals surface area contributed by atoms with Crippen molar-refractivity contribution in [1.82, 2.24) is 5.32 Å². The Kier molecular flexibility index (Phi) is 4.21. The highest BCUT2D eigenvalue weighted by atomic mass is 32.2. The molecule has 0 radical (unpaired) electrons. The van der Waals surface area contributed by atoms with Crippen molar-refractivity contribution in [3.8, 4) is 0 Å². The Balaban J connectivity index is 1.35. The van der Waals surface area contributed by atoms with Crippen LogP contribution >= 0.6 is 11.8 Å². The quantitative estimate of drug-likeness (QED) is 0.824. The number of hydrogen-bond acceptors (Lipinski definition) is 2. The maximum absolute atomic E-state index is 12.8. The summed E-state index contributed by atoms with van der Waals surface area (Å²) in [7, 11) is 0. The van der Waals surface area contributed by atoms with E-state index < -0.39 is 0 Å². The van der Waals surface area contributed by atoms with Gasteiger partial charge in [0.05, 0.1) is 5.25 Å². The van der Waals surface area contributed by atoms with E-state index in [2.05, 4.69) is 12.2 Å². The minimum atomic E-state index is 0.135. The summed E-state index contributed by atoms with van der Waals surface area (Å²) in [6, 6.07) is 0. The molecule has 0 aromatic rings. The van der Waals surface area contributed by atoms with Crippen LogP contribution in [0.5, 0.6) is 0 Å². The molecule has 5 aliphatic rings. The van der Waals surface area contributed by atoms with Crippen LogP contribution in [0.15, 0.2) is 0 Å². The zero-order valence-electron chi connectivity index (χ0n) is 14.0. The SMILES string of the molecule is CC(SC1CCCCC1)C(=O)NC12CC3CC(CC(C3)C1)C2. The molecule has 4 bridgehead atoms. The van der Waals surface area contributed by atoms with Crippen LogP contribution in [0.25, 0.3) is 0 Å². The first-order chi connectivity index (χ1) is 10.6. The van der Waals surface area contributed by atoms with Crippen molar-refractivity contribution in [2.75, 3.05) is 0 Å². The van der Waals surface area contributed by atoms with Gasteiger partial charge in [-0.15, -0.1) is 11.8 Å². The van der Waals surface area contributed by atoms with Crippen molar-refractivity contribution in [2.24, 2.45) is 17.8 Å². The van der Waals surface area contributed by atoms with E-state index in [0.29, 0.717) is 5.91 Å². The summed E-state index contributed by atoms with van der Waals surface area (Å²) < 4.78 is 0. The van der Waals surface area contributed by atoms with E-state index in [4.69, 9.17) is 0 Å².